The van der Waals surface area contributed by atoms with Gasteiger partial charge in [0, 0.05) is 13.1 Å². The number of hydrogen-bond donors (Lipinski definition) is 0. The third kappa shape index (κ3) is 3.57. The van der Waals surface area contributed by atoms with Crippen LogP contribution in [0.2, 0.25) is 0 Å². The summed E-state index contributed by atoms with van der Waals surface area (Å²) in [4.78, 5) is 14.3. The van der Waals surface area contributed by atoms with E-state index in [0.29, 0.717) is 35.9 Å². The molecule has 2 aromatic carbocycles. The van der Waals surface area contributed by atoms with Gasteiger partial charge in [0.1, 0.15) is 11.8 Å². The highest BCUT2D eigenvalue weighted by Gasteiger charge is 2.23. The van der Waals surface area contributed by atoms with E-state index in [1.165, 1.54) is 0 Å². The first-order chi connectivity index (χ1) is 12.7. The van der Waals surface area contributed by atoms with Crippen LogP contribution in [0, 0.1) is 11.3 Å². The molecule has 0 saturated heterocycles. The number of para-hydroxylation sites is 1. The number of carbonyl (C=O) groups is 1. The number of nitrogens with zero attached hydrogens (tertiary/aromatic N) is 2. The summed E-state index contributed by atoms with van der Waals surface area (Å²) >= 11 is 0. The maximum atomic E-state index is 12.5. The number of carbonyl (C=O) groups excluding carboxylic acids is 1. The molecule has 0 unspecified atom stereocenters. The van der Waals surface area contributed by atoms with E-state index in [2.05, 4.69) is 6.07 Å². The van der Waals surface area contributed by atoms with E-state index >= 15 is 0 Å². The maximum absolute atomic E-state index is 12.5. The van der Waals surface area contributed by atoms with Crippen LogP contribution in [-0.2, 0) is 17.8 Å². The predicted octanol–water partition coefficient (Wildman–Crippen LogP) is 2.54. The van der Waals surface area contributed by atoms with Crippen LogP contribution >= 0.6 is 0 Å². The molecule has 0 saturated carbocycles. The summed E-state index contributed by atoms with van der Waals surface area (Å²) < 4.78 is 16.2. The molecule has 3 rings (SSSR count). The molecule has 1 aliphatic rings. The highest BCUT2D eigenvalue weighted by molar-refractivity contribution is 5.78. The summed E-state index contributed by atoms with van der Waals surface area (Å²) in [6.45, 7) is 1.02. The molecule has 6 heteroatoms. The van der Waals surface area contributed by atoms with Crippen molar-refractivity contribution in [2.75, 3.05) is 27.4 Å². The quantitative estimate of drug-likeness (QED) is 0.827. The zero-order valence-electron chi connectivity index (χ0n) is 14.8. The maximum Gasteiger partial charge on any atom is 0.260 e. The van der Waals surface area contributed by atoms with Gasteiger partial charge in [0.05, 0.1) is 19.8 Å². The van der Waals surface area contributed by atoms with Crippen LogP contribution < -0.4 is 14.2 Å². The highest BCUT2D eigenvalue weighted by Crippen LogP contribution is 2.33. The van der Waals surface area contributed by atoms with Crippen LogP contribution in [0.1, 0.15) is 16.7 Å². The van der Waals surface area contributed by atoms with Crippen molar-refractivity contribution in [3.63, 3.8) is 0 Å². The number of nitriles is 1. The van der Waals surface area contributed by atoms with E-state index < -0.39 is 0 Å². The fourth-order valence-corrected chi connectivity index (χ4v) is 3.01. The van der Waals surface area contributed by atoms with Gasteiger partial charge in [0.15, 0.2) is 18.1 Å². The van der Waals surface area contributed by atoms with Crippen molar-refractivity contribution in [2.45, 2.75) is 13.0 Å². The third-order valence-corrected chi connectivity index (χ3v) is 4.43. The van der Waals surface area contributed by atoms with E-state index in [0.717, 1.165) is 17.5 Å². The fraction of sp³-hybridized carbons (Fsp3) is 0.300. The first-order valence-corrected chi connectivity index (χ1v) is 8.29. The molecule has 2 aromatic rings. The summed E-state index contributed by atoms with van der Waals surface area (Å²) in [6, 6.07) is 12.8. The average molecular weight is 352 g/mol. The largest absolute Gasteiger partial charge is 0.493 e. The molecule has 26 heavy (non-hydrogen) atoms. The molecule has 0 N–H and O–H groups in total. The van der Waals surface area contributed by atoms with E-state index in [-0.39, 0.29) is 12.5 Å². The number of methoxy groups -OCH3 is 2. The van der Waals surface area contributed by atoms with Crippen LogP contribution in [-0.4, -0.2) is 38.2 Å². The predicted molar refractivity (Wildman–Crippen MR) is 95.3 cm³/mol. The van der Waals surface area contributed by atoms with Gasteiger partial charge >= 0.3 is 0 Å². The molecule has 6 nitrogen and oxygen atoms in total. The molecule has 1 aliphatic heterocycles. The summed E-state index contributed by atoms with van der Waals surface area (Å²) in [7, 11) is 3.20. The van der Waals surface area contributed by atoms with Crippen molar-refractivity contribution in [3.05, 3.63) is 53.1 Å². The Hall–Kier alpha value is -3.20. The van der Waals surface area contributed by atoms with Gasteiger partial charge in [-0.3, -0.25) is 4.79 Å². The van der Waals surface area contributed by atoms with Gasteiger partial charge in [-0.1, -0.05) is 12.1 Å². The molecular weight excluding hydrogens is 332 g/mol. The molecule has 0 aliphatic carbocycles. The number of amides is 1. The van der Waals surface area contributed by atoms with Crippen molar-refractivity contribution in [3.8, 4) is 23.3 Å². The molecule has 0 radical (unpaired) electrons. The van der Waals surface area contributed by atoms with E-state index in [1.54, 1.807) is 43.4 Å². The molecule has 0 aromatic heterocycles. The lowest BCUT2D eigenvalue weighted by molar-refractivity contribution is -0.134. The van der Waals surface area contributed by atoms with E-state index in [4.69, 9.17) is 19.5 Å². The van der Waals surface area contributed by atoms with Gasteiger partial charge in [0.2, 0.25) is 0 Å². The Bertz CT molecular complexity index is 857. The minimum atomic E-state index is -0.113. The Labute approximate surface area is 152 Å². The summed E-state index contributed by atoms with van der Waals surface area (Å²) in [5.74, 6) is 1.66. The second-order valence-corrected chi connectivity index (χ2v) is 5.94. The van der Waals surface area contributed by atoms with Gasteiger partial charge < -0.3 is 19.1 Å². The molecule has 0 spiro atoms. The van der Waals surface area contributed by atoms with Crippen LogP contribution in [0.4, 0.5) is 0 Å². The monoisotopic (exact) mass is 352 g/mol. The summed E-state index contributed by atoms with van der Waals surface area (Å²) in [5.41, 5.74) is 2.61. The van der Waals surface area contributed by atoms with Gasteiger partial charge in [-0.2, -0.15) is 5.26 Å². The van der Waals surface area contributed by atoms with Gasteiger partial charge in [-0.25, -0.2) is 0 Å². The topological polar surface area (TPSA) is 71.8 Å². The molecular formula is C20H20N2O4. The van der Waals surface area contributed by atoms with Crippen molar-refractivity contribution in [2.24, 2.45) is 0 Å². The zero-order chi connectivity index (χ0) is 18.5. The SMILES string of the molecule is COc1cc2c(cc1OC)CN(C(=O)COc1ccccc1C#N)CC2. The lowest BCUT2D eigenvalue weighted by Crippen LogP contribution is -2.38. The van der Waals surface area contributed by atoms with Crippen LogP contribution in [0.15, 0.2) is 36.4 Å². The lowest BCUT2D eigenvalue weighted by atomic mass is 9.99. The molecule has 1 heterocycles. The Balaban J connectivity index is 1.68. The Morgan fingerprint density at radius 1 is 1.12 bits per heavy atom. The van der Waals surface area contributed by atoms with Gasteiger partial charge in [-0.05, 0) is 41.8 Å². The van der Waals surface area contributed by atoms with Crippen LogP contribution in [0.5, 0.6) is 17.2 Å². The second kappa shape index (κ2) is 7.79. The number of rotatable bonds is 5. The Morgan fingerprint density at radius 2 is 1.81 bits per heavy atom. The second-order valence-electron chi connectivity index (χ2n) is 5.94. The number of hydrogen-bond acceptors (Lipinski definition) is 5. The summed E-state index contributed by atoms with van der Waals surface area (Å²) in [6.07, 6.45) is 0.746. The van der Waals surface area contributed by atoms with Crippen molar-refractivity contribution < 1.29 is 19.0 Å². The zero-order valence-corrected chi connectivity index (χ0v) is 14.8. The van der Waals surface area contributed by atoms with Crippen molar-refractivity contribution >= 4 is 5.91 Å². The van der Waals surface area contributed by atoms with Crippen LogP contribution in [0.3, 0.4) is 0 Å². The number of ether oxygens (including phenoxy) is 3. The molecule has 0 fully saturated rings. The standard InChI is InChI=1S/C20H20N2O4/c1-24-18-9-14-7-8-22(12-16(14)10-19(18)25-2)20(23)13-26-17-6-4-3-5-15(17)11-21/h3-6,9-10H,7-8,12-13H2,1-2H3. The first-order valence-electron chi connectivity index (χ1n) is 8.29. The Kier molecular flexibility index (Phi) is 5.28. The fourth-order valence-electron chi connectivity index (χ4n) is 3.01. The molecule has 1 amide bonds. The molecule has 134 valence electrons. The minimum absolute atomic E-state index is 0.0959. The minimum Gasteiger partial charge on any atom is -0.493 e. The van der Waals surface area contributed by atoms with Gasteiger partial charge in [0.25, 0.3) is 5.91 Å². The Morgan fingerprint density at radius 3 is 2.50 bits per heavy atom. The molecule has 0 bridgehead atoms. The van der Waals surface area contributed by atoms with E-state index in [9.17, 15) is 4.79 Å². The van der Waals surface area contributed by atoms with E-state index in [1.807, 2.05) is 12.1 Å². The van der Waals surface area contributed by atoms with Gasteiger partial charge in [-0.15, -0.1) is 0 Å². The average Bonchev–Trinajstić information content (AvgIpc) is 2.70. The third-order valence-electron chi connectivity index (χ3n) is 4.43. The van der Waals surface area contributed by atoms with Crippen LogP contribution in [0.25, 0.3) is 0 Å². The first kappa shape index (κ1) is 17.6. The normalized spacial score (nSPS) is 12.7. The number of benzene rings is 2. The highest BCUT2D eigenvalue weighted by atomic mass is 16.5. The summed E-state index contributed by atoms with van der Waals surface area (Å²) in [5, 5.41) is 9.09. The van der Waals surface area contributed by atoms with Crippen molar-refractivity contribution in [1.82, 2.24) is 4.90 Å². The van der Waals surface area contributed by atoms with Crippen molar-refractivity contribution in [1.29, 1.82) is 5.26 Å². The number of fused-ring (bicyclic) bond motifs is 1. The lowest BCUT2D eigenvalue weighted by Gasteiger charge is -2.29. The smallest absolute Gasteiger partial charge is 0.260 e. The molecule has 0 atom stereocenters.